The Kier molecular flexibility index (Phi) is 3.11. The van der Waals surface area contributed by atoms with Gasteiger partial charge in [0.2, 0.25) is 0 Å². The summed E-state index contributed by atoms with van der Waals surface area (Å²) in [6.07, 6.45) is 3.14. The molecular formula is C14H8N2O4S. The summed E-state index contributed by atoms with van der Waals surface area (Å²) in [4.78, 5) is 31.1. The second-order valence-electron chi connectivity index (χ2n) is 4.23. The van der Waals surface area contributed by atoms with Crippen molar-refractivity contribution in [3.05, 3.63) is 47.2 Å². The zero-order valence-corrected chi connectivity index (χ0v) is 11.3. The number of rotatable bonds is 3. The predicted octanol–water partition coefficient (Wildman–Crippen LogP) is 2.75. The Bertz CT molecular complexity index is 872. The Morgan fingerprint density at radius 1 is 1.00 bits per heavy atom. The van der Waals surface area contributed by atoms with Gasteiger partial charge in [0, 0.05) is 28.2 Å². The van der Waals surface area contributed by atoms with Gasteiger partial charge in [-0.3, -0.25) is 4.98 Å². The van der Waals surface area contributed by atoms with Crippen LogP contribution in [0.15, 0.2) is 36.7 Å². The first-order valence-corrected chi connectivity index (χ1v) is 6.69. The summed E-state index contributed by atoms with van der Waals surface area (Å²) >= 11 is 1.10. The van der Waals surface area contributed by atoms with E-state index in [4.69, 9.17) is 10.2 Å². The number of fused-ring (bicyclic) bond motifs is 1. The minimum atomic E-state index is -1.11. The number of thiophene rings is 1. The normalized spacial score (nSPS) is 10.7. The van der Waals surface area contributed by atoms with Gasteiger partial charge in [-0.05, 0) is 24.3 Å². The maximum Gasteiger partial charge on any atom is 0.354 e. The highest BCUT2D eigenvalue weighted by molar-refractivity contribution is 7.17. The monoisotopic (exact) mass is 300 g/mol. The van der Waals surface area contributed by atoms with Crippen LogP contribution < -0.4 is 0 Å². The quantitative estimate of drug-likeness (QED) is 0.771. The van der Waals surface area contributed by atoms with Crippen molar-refractivity contribution in [3.8, 4) is 10.4 Å². The average molecular weight is 300 g/mol. The standard InChI is InChI=1S/C14H8N2O4S/c17-13(18)9-2-1-7-5-15-6-8(12(7)16-9)10-3-4-11(21-10)14(19)20/h1-6H,(H,17,18)(H,19,20). The summed E-state index contributed by atoms with van der Waals surface area (Å²) in [5.74, 6) is -2.12. The third-order valence-electron chi connectivity index (χ3n) is 2.90. The van der Waals surface area contributed by atoms with E-state index in [0.717, 1.165) is 11.3 Å². The van der Waals surface area contributed by atoms with Gasteiger partial charge in [-0.1, -0.05) is 0 Å². The van der Waals surface area contributed by atoms with Crippen LogP contribution in [0.25, 0.3) is 21.3 Å². The van der Waals surface area contributed by atoms with Crippen LogP contribution in [-0.4, -0.2) is 32.1 Å². The van der Waals surface area contributed by atoms with Crippen molar-refractivity contribution in [2.24, 2.45) is 0 Å². The number of hydrogen-bond acceptors (Lipinski definition) is 5. The predicted molar refractivity (Wildman–Crippen MR) is 76.8 cm³/mol. The largest absolute Gasteiger partial charge is 0.477 e. The van der Waals surface area contributed by atoms with Crippen LogP contribution in [-0.2, 0) is 0 Å². The topological polar surface area (TPSA) is 100 Å². The average Bonchev–Trinajstić information content (AvgIpc) is 2.95. The number of aromatic carboxylic acids is 2. The molecule has 0 amide bonds. The number of hydrogen-bond donors (Lipinski definition) is 2. The van der Waals surface area contributed by atoms with Gasteiger partial charge in [-0.2, -0.15) is 0 Å². The Labute approximate surface area is 122 Å². The number of carbonyl (C=O) groups is 2. The molecule has 2 N–H and O–H groups in total. The Morgan fingerprint density at radius 2 is 1.81 bits per heavy atom. The highest BCUT2D eigenvalue weighted by atomic mass is 32.1. The Hall–Kier alpha value is -2.80. The van der Waals surface area contributed by atoms with Crippen LogP contribution in [0.1, 0.15) is 20.2 Å². The molecule has 3 aromatic rings. The fourth-order valence-corrected chi connectivity index (χ4v) is 2.80. The minimum Gasteiger partial charge on any atom is -0.477 e. The minimum absolute atomic E-state index is 0.0648. The van der Waals surface area contributed by atoms with E-state index in [1.165, 1.54) is 12.1 Å². The van der Waals surface area contributed by atoms with Crippen molar-refractivity contribution in [3.63, 3.8) is 0 Å². The third kappa shape index (κ3) is 2.34. The molecule has 3 rings (SSSR count). The lowest BCUT2D eigenvalue weighted by Gasteiger charge is -2.04. The molecule has 3 heterocycles. The molecule has 21 heavy (non-hydrogen) atoms. The molecule has 0 spiro atoms. The third-order valence-corrected chi connectivity index (χ3v) is 4.01. The summed E-state index contributed by atoms with van der Waals surface area (Å²) < 4.78 is 0. The van der Waals surface area contributed by atoms with Crippen molar-refractivity contribution in [1.29, 1.82) is 0 Å². The van der Waals surface area contributed by atoms with E-state index in [0.29, 0.717) is 21.3 Å². The smallest absolute Gasteiger partial charge is 0.354 e. The molecule has 0 aliphatic carbocycles. The first kappa shape index (κ1) is 13.2. The molecule has 0 radical (unpaired) electrons. The van der Waals surface area contributed by atoms with Crippen molar-refractivity contribution in [1.82, 2.24) is 9.97 Å². The summed E-state index contributed by atoms with van der Waals surface area (Å²) in [6.45, 7) is 0. The van der Waals surface area contributed by atoms with E-state index in [1.54, 1.807) is 24.5 Å². The van der Waals surface area contributed by atoms with Crippen LogP contribution >= 0.6 is 11.3 Å². The molecular weight excluding hydrogens is 292 g/mol. The lowest BCUT2D eigenvalue weighted by molar-refractivity contribution is 0.0684. The van der Waals surface area contributed by atoms with E-state index in [9.17, 15) is 9.59 Å². The van der Waals surface area contributed by atoms with E-state index >= 15 is 0 Å². The van der Waals surface area contributed by atoms with E-state index in [1.807, 2.05) is 0 Å². The molecule has 0 aliphatic heterocycles. The first-order chi connectivity index (χ1) is 10.1. The van der Waals surface area contributed by atoms with Crippen LogP contribution in [0.5, 0.6) is 0 Å². The number of aromatic nitrogens is 2. The Balaban J connectivity index is 2.23. The van der Waals surface area contributed by atoms with Gasteiger partial charge in [-0.25, -0.2) is 14.6 Å². The van der Waals surface area contributed by atoms with Gasteiger partial charge in [0.05, 0.1) is 5.52 Å². The molecule has 0 atom stereocenters. The second kappa shape index (κ2) is 4.95. The summed E-state index contributed by atoms with van der Waals surface area (Å²) in [5.41, 5.74) is 1.04. The van der Waals surface area contributed by atoms with Crippen molar-refractivity contribution >= 4 is 34.2 Å². The SMILES string of the molecule is O=C(O)c1ccc2cncc(-c3ccc(C(=O)O)s3)c2n1. The van der Waals surface area contributed by atoms with Crippen molar-refractivity contribution in [2.45, 2.75) is 0 Å². The van der Waals surface area contributed by atoms with Crippen LogP contribution in [0.3, 0.4) is 0 Å². The summed E-state index contributed by atoms with van der Waals surface area (Å²) in [6, 6.07) is 6.21. The second-order valence-corrected chi connectivity index (χ2v) is 5.31. The number of pyridine rings is 2. The van der Waals surface area contributed by atoms with Crippen LogP contribution in [0, 0.1) is 0 Å². The molecule has 0 saturated carbocycles. The van der Waals surface area contributed by atoms with E-state index in [-0.39, 0.29) is 10.6 Å². The van der Waals surface area contributed by atoms with Crippen LogP contribution in [0.2, 0.25) is 0 Å². The summed E-state index contributed by atoms with van der Waals surface area (Å²) in [5, 5.41) is 18.7. The number of carboxylic acid groups (broad SMARTS) is 2. The van der Waals surface area contributed by atoms with E-state index < -0.39 is 11.9 Å². The van der Waals surface area contributed by atoms with Crippen LogP contribution in [0.4, 0.5) is 0 Å². The molecule has 0 fully saturated rings. The van der Waals surface area contributed by atoms with Crippen molar-refractivity contribution < 1.29 is 19.8 Å². The maximum absolute atomic E-state index is 11.0. The molecule has 0 saturated heterocycles. The zero-order valence-electron chi connectivity index (χ0n) is 10.5. The highest BCUT2D eigenvalue weighted by Gasteiger charge is 2.13. The van der Waals surface area contributed by atoms with E-state index in [2.05, 4.69) is 9.97 Å². The molecule has 0 bridgehead atoms. The van der Waals surface area contributed by atoms with Crippen molar-refractivity contribution in [2.75, 3.05) is 0 Å². The van der Waals surface area contributed by atoms with Gasteiger partial charge < -0.3 is 10.2 Å². The zero-order chi connectivity index (χ0) is 15.0. The van der Waals surface area contributed by atoms with Gasteiger partial charge >= 0.3 is 11.9 Å². The molecule has 3 aromatic heterocycles. The lowest BCUT2D eigenvalue weighted by atomic mass is 10.1. The number of nitrogens with zero attached hydrogens (tertiary/aromatic N) is 2. The van der Waals surface area contributed by atoms with Gasteiger partial charge in [0.15, 0.2) is 0 Å². The molecule has 0 aromatic carbocycles. The number of carboxylic acids is 2. The van der Waals surface area contributed by atoms with Gasteiger partial charge in [0.1, 0.15) is 10.6 Å². The van der Waals surface area contributed by atoms with Gasteiger partial charge in [-0.15, -0.1) is 11.3 Å². The Morgan fingerprint density at radius 3 is 2.48 bits per heavy atom. The van der Waals surface area contributed by atoms with Gasteiger partial charge in [0.25, 0.3) is 0 Å². The molecule has 6 nitrogen and oxygen atoms in total. The lowest BCUT2D eigenvalue weighted by Crippen LogP contribution is -2.00. The molecule has 0 aliphatic rings. The fourth-order valence-electron chi connectivity index (χ4n) is 1.94. The molecule has 104 valence electrons. The first-order valence-electron chi connectivity index (χ1n) is 5.88. The highest BCUT2D eigenvalue weighted by Crippen LogP contribution is 2.32. The fraction of sp³-hybridized carbons (Fsp3) is 0. The summed E-state index contributed by atoms with van der Waals surface area (Å²) in [7, 11) is 0. The molecule has 0 unspecified atom stereocenters. The maximum atomic E-state index is 11.0. The molecule has 7 heteroatoms.